The lowest BCUT2D eigenvalue weighted by Crippen LogP contribution is -2.33. The van der Waals surface area contributed by atoms with E-state index in [1.807, 2.05) is 38.4 Å². The Balaban J connectivity index is 2.05. The van der Waals surface area contributed by atoms with Gasteiger partial charge in [0.15, 0.2) is 0 Å². The molecule has 0 radical (unpaired) electrons. The first-order valence-electron chi connectivity index (χ1n) is 7.60. The number of aromatic nitrogens is 1. The number of carbonyl (C=O) groups excluding carboxylic acids is 1. The molecule has 1 heterocycles. The Kier molecular flexibility index (Phi) is 4.32. The molecule has 0 bridgehead atoms. The predicted molar refractivity (Wildman–Crippen MR) is 89.6 cm³/mol. The Morgan fingerprint density at radius 2 is 2.18 bits per heavy atom. The minimum absolute atomic E-state index is 0.0202. The average molecular weight is 318 g/mol. The van der Waals surface area contributed by atoms with E-state index >= 15 is 0 Å². The molecule has 116 valence electrons. The number of pyridine rings is 1. The third-order valence-electron chi connectivity index (χ3n) is 4.06. The summed E-state index contributed by atoms with van der Waals surface area (Å²) in [5.41, 5.74) is 2.58. The van der Waals surface area contributed by atoms with E-state index in [1.54, 1.807) is 4.90 Å². The van der Waals surface area contributed by atoms with E-state index in [-0.39, 0.29) is 5.91 Å². The van der Waals surface area contributed by atoms with Crippen LogP contribution in [0.4, 0.5) is 0 Å². The van der Waals surface area contributed by atoms with Crippen molar-refractivity contribution in [3.8, 4) is 0 Å². The minimum Gasteiger partial charge on any atom is -0.340 e. The minimum atomic E-state index is 0.0202. The molecule has 0 aliphatic heterocycles. The summed E-state index contributed by atoms with van der Waals surface area (Å²) in [6.07, 6.45) is 2.32. The molecule has 22 heavy (non-hydrogen) atoms. The Morgan fingerprint density at radius 1 is 1.41 bits per heavy atom. The summed E-state index contributed by atoms with van der Waals surface area (Å²) in [6.45, 7) is 1.43. The lowest BCUT2D eigenvalue weighted by Gasteiger charge is -2.18. The zero-order chi connectivity index (χ0) is 15.7. The summed E-state index contributed by atoms with van der Waals surface area (Å²) in [6, 6.07) is 7.51. The Labute approximate surface area is 135 Å². The van der Waals surface area contributed by atoms with Crippen LogP contribution in [-0.4, -0.2) is 43.0 Å². The highest BCUT2D eigenvalue weighted by Gasteiger charge is 2.27. The second-order valence-electron chi connectivity index (χ2n) is 5.86. The number of halogens is 1. The molecule has 0 atom stereocenters. The molecule has 1 aliphatic carbocycles. The molecular formula is C17H20ClN3O. The van der Waals surface area contributed by atoms with Crippen LogP contribution in [0.15, 0.2) is 24.3 Å². The first-order valence-corrected chi connectivity index (χ1v) is 7.98. The number of nitrogens with zero attached hydrogens (tertiary/aromatic N) is 2. The second-order valence-corrected chi connectivity index (χ2v) is 6.30. The zero-order valence-electron chi connectivity index (χ0n) is 12.9. The first kappa shape index (κ1) is 15.3. The summed E-state index contributed by atoms with van der Waals surface area (Å²) in [5.74, 6) is 0.529. The number of fused-ring (bicyclic) bond motifs is 1. The molecule has 2 aromatic rings. The van der Waals surface area contributed by atoms with Crippen LogP contribution in [0.25, 0.3) is 10.9 Å². The Bertz CT molecular complexity index is 712. The maximum Gasteiger partial charge on any atom is 0.254 e. The molecule has 0 unspecified atom stereocenters. The predicted octanol–water partition coefficient (Wildman–Crippen LogP) is 3.06. The van der Waals surface area contributed by atoms with Crippen molar-refractivity contribution in [1.29, 1.82) is 0 Å². The quantitative estimate of drug-likeness (QED) is 0.922. The molecule has 0 spiro atoms. The van der Waals surface area contributed by atoms with Gasteiger partial charge in [-0.15, -0.1) is 0 Å². The van der Waals surface area contributed by atoms with Crippen LogP contribution >= 0.6 is 11.6 Å². The van der Waals surface area contributed by atoms with Crippen molar-refractivity contribution in [3.05, 3.63) is 40.5 Å². The van der Waals surface area contributed by atoms with Crippen molar-refractivity contribution in [2.45, 2.75) is 18.8 Å². The number of carbonyl (C=O) groups is 1. The molecule has 1 fully saturated rings. The SMILES string of the molecule is CNCCN(C)C(=O)c1cc(C2CC2)nc2ccc(Cl)cc12. The maximum absolute atomic E-state index is 12.8. The largest absolute Gasteiger partial charge is 0.340 e. The van der Waals surface area contributed by atoms with E-state index in [2.05, 4.69) is 5.32 Å². The number of likely N-dealkylation sites (N-methyl/N-ethyl adjacent to an activating group) is 2. The Morgan fingerprint density at radius 3 is 2.86 bits per heavy atom. The zero-order valence-corrected chi connectivity index (χ0v) is 13.7. The first-order chi connectivity index (χ1) is 10.6. The second kappa shape index (κ2) is 6.23. The van der Waals surface area contributed by atoms with Crippen LogP contribution in [0.3, 0.4) is 0 Å². The summed E-state index contributed by atoms with van der Waals surface area (Å²) >= 11 is 6.11. The fourth-order valence-electron chi connectivity index (χ4n) is 2.57. The lowest BCUT2D eigenvalue weighted by atomic mass is 10.0. The van der Waals surface area contributed by atoms with Gasteiger partial charge in [0.1, 0.15) is 0 Å². The van der Waals surface area contributed by atoms with Crippen LogP contribution in [0.2, 0.25) is 5.02 Å². The molecule has 0 saturated heterocycles. The van der Waals surface area contributed by atoms with Gasteiger partial charge in [-0.25, -0.2) is 0 Å². The lowest BCUT2D eigenvalue weighted by molar-refractivity contribution is 0.0798. The molecule has 1 aliphatic rings. The van der Waals surface area contributed by atoms with Crippen molar-refractivity contribution in [1.82, 2.24) is 15.2 Å². The highest BCUT2D eigenvalue weighted by molar-refractivity contribution is 6.31. The summed E-state index contributed by atoms with van der Waals surface area (Å²) in [5, 5.41) is 4.52. The monoisotopic (exact) mass is 317 g/mol. The molecule has 1 aromatic carbocycles. The van der Waals surface area contributed by atoms with Gasteiger partial charge in [0.25, 0.3) is 5.91 Å². The van der Waals surface area contributed by atoms with Crippen LogP contribution in [0.5, 0.6) is 0 Å². The van der Waals surface area contributed by atoms with Crippen molar-refractivity contribution < 1.29 is 4.79 Å². The van der Waals surface area contributed by atoms with Gasteiger partial charge in [-0.05, 0) is 44.2 Å². The highest BCUT2D eigenvalue weighted by atomic mass is 35.5. The highest BCUT2D eigenvalue weighted by Crippen LogP contribution is 2.40. The normalized spacial score (nSPS) is 14.3. The number of benzene rings is 1. The third kappa shape index (κ3) is 3.08. The summed E-state index contributed by atoms with van der Waals surface area (Å²) < 4.78 is 0. The molecule has 1 saturated carbocycles. The van der Waals surface area contributed by atoms with Crippen molar-refractivity contribution in [2.75, 3.05) is 27.2 Å². The molecule has 1 aromatic heterocycles. The molecule has 1 amide bonds. The van der Waals surface area contributed by atoms with E-state index in [9.17, 15) is 4.79 Å². The van der Waals surface area contributed by atoms with Crippen LogP contribution < -0.4 is 5.32 Å². The van der Waals surface area contributed by atoms with Gasteiger partial charge >= 0.3 is 0 Å². The van der Waals surface area contributed by atoms with Gasteiger partial charge < -0.3 is 10.2 Å². The fourth-order valence-corrected chi connectivity index (χ4v) is 2.74. The molecule has 5 heteroatoms. The Hall–Kier alpha value is -1.65. The topological polar surface area (TPSA) is 45.2 Å². The number of nitrogens with one attached hydrogen (secondary N) is 1. The van der Waals surface area contributed by atoms with Crippen molar-refractivity contribution >= 4 is 28.4 Å². The van der Waals surface area contributed by atoms with Crippen molar-refractivity contribution in [2.24, 2.45) is 0 Å². The van der Waals surface area contributed by atoms with Gasteiger partial charge in [-0.3, -0.25) is 9.78 Å². The number of amides is 1. The molecular weight excluding hydrogens is 298 g/mol. The standard InChI is InChI=1S/C17H20ClN3O/c1-19-7-8-21(2)17(22)14-10-16(11-3-4-11)20-15-6-5-12(18)9-13(14)15/h5-6,9-11,19H,3-4,7-8H2,1-2H3. The van der Waals surface area contributed by atoms with Gasteiger partial charge in [0, 0.05) is 42.2 Å². The van der Waals surface area contributed by atoms with E-state index in [0.29, 0.717) is 23.0 Å². The maximum atomic E-state index is 12.8. The average Bonchev–Trinajstić information content (AvgIpc) is 3.35. The summed E-state index contributed by atoms with van der Waals surface area (Å²) in [7, 11) is 3.71. The van der Waals surface area contributed by atoms with Crippen molar-refractivity contribution in [3.63, 3.8) is 0 Å². The molecule has 4 nitrogen and oxygen atoms in total. The van der Waals surface area contributed by atoms with E-state index < -0.39 is 0 Å². The van der Waals surface area contributed by atoms with Crippen LogP contribution in [-0.2, 0) is 0 Å². The number of hydrogen-bond acceptors (Lipinski definition) is 3. The van der Waals surface area contributed by atoms with Gasteiger partial charge in [-0.2, -0.15) is 0 Å². The van der Waals surface area contributed by atoms with E-state index in [4.69, 9.17) is 16.6 Å². The molecule has 1 N–H and O–H groups in total. The van der Waals surface area contributed by atoms with E-state index in [1.165, 1.54) is 0 Å². The van der Waals surface area contributed by atoms with Gasteiger partial charge in [-0.1, -0.05) is 11.6 Å². The van der Waals surface area contributed by atoms with Crippen LogP contribution in [0, 0.1) is 0 Å². The van der Waals surface area contributed by atoms with Gasteiger partial charge in [0.05, 0.1) is 11.1 Å². The number of hydrogen-bond donors (Lipinski definition) is 1. The van der Waals surface area contributed by atoms with E-state index in [0.717, 1.165) is 36.0 Å². The number of rotatable bonds is 5. The van der Waals surface area contributed by atoms with Crippen LogP contribution in [0.1, 0.15) is 34.8 Å². The summed E-state index contributed by atoms with van der Waals surface area (Å²) in [4.78, 5) is 19.2. The third-order valence-corrected chi connectivity index (χ3v) is 4.30. The van der Waals surface area contributed by atoms with Gasteiger partial charge in [0.2, 0.25) is 0 Å². The fraction of sp³-hybridized carbons (Fsp3) is 0.412. The molecule has 3 rings (SSSR count). The smallest absolute Gasteiger partial charge is 0.254 e.